The zero-order chi connectivity index (χ0) is 24.5. The predicted molar refractivity (Wildman–Crippen MR) is 143 cm³/mol. The van der Waals surface area contributed by atoms with Gasteiger partial charge in [-0.2, -0.15) is 0 Å². The van der Waals surface area contributed by atoms with E-state index >= 15 is 0 Å². The molecular formula is C28H40ClN3O2. The number of methoxy groups -OCH3 is 1. The van der Waals surface area contributed by atoms with E-state index in [1.54, 1.807) is 7.11 Å². The Balaban J connectivity index is 1.89. The van der Waals surface area contributed by atoms with Gasteiger partial charge in [-0.15, -0.1) is 0 Å². The maximum absolute atomic E-state index is 13.1. The van der Waals surface area contributed by atoms with Crippen molar-refractivity contribution in [1.82, 2.24) is 9.80 Å². The summed E-state index contributed by atoms with van der Waals surface area (Å²) in [6.07, 6.45) is 5.29. The van der Waals surface area contributed by atoms with E-state index in [0.29, 0.717) is 16.8 Å². The molecule has 0 unspecified atom stereocenters. The maximum atomic E-state index is 13.1. The summed E-state index contributed by atoms with van der Waals surface area (Å²) < 4.78 is 5.38. The molecular weight excluding hydrogens is 446 g/mol. The first-order chi connectivity index (χ1) is 16.5. The number of amides is 1. The Hall–Kier alpha value is -2.24. The molecule has 1 saturated heterocycles. The topological polar surface area (TPSA) is 36.0 Å². The highest BCUT2D eigenvalue weighted by atomic mass is 35.5. The molecule has 1 aliphatic heterocycles. The summed E-state index contributed by atoms with van der Waals surface area (Å²) in [7, 11) is 1.64. The molecule has 0 atom stereocenters. The molecule has 5 nitrogen and oxygen atoms in total. The summed E-state index contributed by atoms with van der Waals surface area (Å²) in [5, 5.41) is 0.606. The van der Waals surface area contributed by atoms with Crippen LogP contribution in [0.15, 0.2) is 42.5 Å². The van der Waals surface area contributed by atoms with Gasteiger partial charge in [0.15, 0.2) is 0 Å². The fourth-order valence-corrected chi connectivity index (χ4v) is 5.15. The molecule has 0 spiro atoms. The monoisotopic (exact) mass is 485 g/mol. The highest BCUT2D eigenvalue weighted by molar-refractivity contribution is 6.32. The maximum Gasteiger partial charge on any atom is 0.253 e. The smallest absolute Gasteiger partial charge is 0.253 e. The number of rotatable bonds is 11. The third-order valence-electron chi connectivity index (χ3n) is 6.54. The lowest BCUT2D eigenvalue weighted by Gasteiger charge is -2.40. The average Bonchev–Trinajstić information content (AvgIpc) is 2.85. The van der Waals surface area contributed by atoms with E-state index in [1.165, 1.54) is 6.42 Å². The van der Waals surface area contributed by atoms with Gasteiger partial charge in [0.1, 0.15) is 5.75 Å². The highest BCUT2D eigenvalue weighted by Crippen LogP contribution is 2.36. The Morgan fingerprint density at radius 3 is 2.12 bits per heavy atom. The molecule has 0 saturated carbocycles. The van der Waals surface area contributed by atoms with Gasteiger partial charge in [-0.25, -0.2) is 0 Å². The van der Waals surface area contributed by atoms with Crippen LogP contribution in [-0.4, -0.2) is 61.6 Å². The van der Waals surface area contributed by atoms with E-state index in [9.17, 15) is 4.79 Å². The van der Waals surface area contributed by atoms with Gasteiger partial charge in [0.05, 0.1) is 12.1 Å². The van der Waals surface area contributed by atoms with Crippen LogP contribution < -0.4 is 9.64 Å². The molecule has 2 aromatic rings. The molecule has 1 aliphatic rings. The molecule has 6 heteroatoms. The van der Waals surface area contributed by atoms with Crippen molar-refractivity contribution in [2.45, 2.75) is 58.9 Å². The Morgan fingerprint density at radius 2 is 1.59 bits per heavy atom. The van der Waals surface area contributed by atoms with Crippen molar-refractivity contribution in [3.8, 4) is 5.75 Å². The minimum absolute atomic E-state index is 0.113. The third kappa shape index (κ3) is 6.45. The van der Waals surface area contributed by atoms with E-state index in [1.807, 2.05) is 29.2 Å². The summed E-state index contributed by atoms with van der Waals surface area (Å²) in [6.45, 7) is 11.4. The summed E-state index contributed by atoms with van der Waals surface area (Å²) in [5.74, 6) is 0.790. The zero-order valence-electron chi connectivity index (χ0n) is 21.2. The van der Waals surface area contributed by atoms with Gasteiger partial charge in [-0.05, 0) is 81.1 Å². The summed E-state index contributed by atoms with van der Waals surface area (Å²) in [5.41, 5.74) is 2.89. The van der Waals surface area contributed by atoms with Crippen LogP contribution in [0.2, 0.25) is 5.02 Å². The number of likely N-dealkylation sites (tertiary alicyclic amines) is 1. The summed E-state index contributed by atoms with van der Waals surface area (Å²) in [4.78, 5) is 20.0. The number of benzene rings is 2. The normalized spacial score (nSPS) is 14.7. The largest absolute Gasteiger partial charge is 0.495 e. The van der Waals surface area contributed by atoms with E-state index in [-0.39, 0.29) is 5.91 Å². The molecule has 34 heavy (non-hydrogen) atoms. The van der Waals surface area contributed by atoms with Crippen LogP contribution in [0.5, 0.6) is 5.75 Å². The number of anilines is 2. The van der Waals surface area contributed by atoms with Crippen molar-refractivity contribution in [2.24, 2.45) is 0 Å². The molecule has 1 fully saturated rings. The lowest BCUT2D eigenvalue weighted by atomic mass is 10.0. The number of hydrogen-bond donors (Lipinski definition) is 0. The number of nitrogens with zero attached hydrogens (tertiary/aromatic N) is 3. The molecule has 0 aliphatic carbocycles. The Kier molecular flexibility index (Phi) is 10.1. The number of hydrogen-bond acceptors (Lipinski definition) is 4. The predicted octanol–water partition coefficient (Wildman–Crippen LogP) is 6.62. The van der Waals surface area contributed by atoms with Crippen LogP contribution in [-0.2, 0) is 0 Å². The van der Waals surface area contributed by atoms with Crippen LogP contribution in [0.3, 0.4) is 0 Å². The molecule has 2 aromatic carbocycles. The second kappa shape index (κ2) is 13.0. The van der Waals surface area contributed by atoms with Crippen molar-refractivity contribution in [3.63, 3.8) is 0 Å². The number of halogens is 1. The minimum Gasteiger partial charge on any atom is -0.495 e. The summed E-state index contributed by atoms with van der Waals surface area (Å²) in [6, 6.07) is 14.5. The van der Waals surface area contributed by atoms with E-state index in [4.69, 9.17) is 16.3 Å². The number of ether oxygens (including phenoxy) is 1. The minimum atomic E-state index is 0.113. The van der Waals surface area contributed by atoms with Crippen LogP contribution >= 0.6 is 11.6 Å². The molecule has 0 N–H and O–H groups in total. The van der Waals surface area contributed by atoms with E-state index in [0.717, 1.165) is 75.3 Å². The van der Waals surface area contributed by atoms with Crippen molar-refractivity contribution >= 4 is 28.9 Å². The molecule has 186 valence electrons. The van der Waals surface area contributed by atoms with Gasteiger partial charge < -0.3 is 19.4 Å². The first kappa shape index (κ1) is 26.4. The third-order valence-corrected chi connectivity index (χ3v) is 6.84. The number of carbonyl (C=O) groups is 1. The molecule has 1 amide bonds. The van der Waals surface area contributed by atoms with Crippen LogP contribution in [0.4, 0.5) is 11.4 Å². The summed E-state index contributed by atoms with van der Waals surface area (Å²) >= 11 is 6.52. The van der Waals surface area contributed by atoms with Crippen molar-refractivity contribution in [3.05, 3.63) is 53.1 Å². The van der Waals surface area contributed by atoms with Crippen LogP contribution in [0, 0.1) is 0 Å². The Bertz CT molecular complexity index is 904. The van der Waals surface area contributed by atoms with Gasteiger partial charge in [-0.1, -0.05) is 32.4 Å². The fraction of sp³-hybridized carbons (Fsp3) is 0.536. The van der Waals surface area contributed by atoms with Crippen LogP contribution in [0.25, 0.3) is 0 Å². The van der Waals surface area contributed by atoms with Gasteiger partial charge in [0, 0.05) is 49.2 Å². The average molecular weight is 486 g/mol. The van der Waals surface area contributed by atoms with E-state index in [2.05, 4.69) is 48.8 Å². The van der Waals surface area contributed by atoms with Crippen molar-refractivity contribution in [1.29, 1.82) is 0 Å². The second-order valence-electron chi connectivity index (χ2n) is 9.10. The van der Waals surface area contributed by atoms with Gasteiger partial charge in [0.25, 0.3) is 5.91 Å². The molecule has 0 aromatic heterocycles. The standard InChI is InChI=1S/C28H40ClN3O2/c1-5-16-30-19-14-24(15-20-30)32(25-12-13-27(34-4)26(29)21-25)23-10-8-22(9-11-23)28(33)31(17-6-2)18-7-3/h8-13,21,24H,5-7,14-20H2,1-4H3. The first-order valence-corrected chi connectivity index (χ1v) is 13.1. The van der Waals surface area contributed by atoms with Gasteiger partial charge in [-0.3, -0.25) is 4.79 Å². The first-order valence-electron chi connectivity index (χ1n) is 12.8. The number of carbonyl (C=O) groups excluding carboxylic acids is 1. The second-order valence-corrected chi connectivity index (χ2v) is 9.51. The lowest BCUT2D eigenvalue weighted by Crippen LogP contribution is -2.43. The number of piperidine rings is 1. The SMILES string of the molecule is CCCN1CCC(N(c2ccc(C(=O)N(CCC)CCC)cc2)c2ccc(OC)c(Cl)c2)CC1. The Labute approximate surface area is 210 Å². The van der Waals surface area contributed by atoms with Gasteiger partial charge in [0.2, 0.25) is 0 Å². The van der Waals surface area contributed by atoms with E-state index < -0.39 is 0 Å². The highest BCUT2D eigenvalue weighted by Gasteiger charge is 2.27. The molecule has 3 rings (SSSR count). The Morgan fingerprint density at radius 1 is 0.971 bits per heavy atom. The molecule has 1 heterocycles. The van der Waals surface area contributed by atoms with Gasteiger partial charge >= 0.3 is 0 Å². The zero-order valence-corrected chi connectivity index (χ0v) is 22.0. The molecule has 0 bridgehead atoms. The lowest BCUT2D eigenvalue weighted by molar-refractivity contribution is 0.0755. The van der Waals surface area contributed by atoms with Crippen LogP contribution in [0.1, 0.15) is 63.2 Å². The quantitative estimate of drug-likeness (QED) is 0.358. The van der Waals surface area contributed by atoms with Crippen molar-refractivity contribution < 1.29 is 9.53 Å². The fourth-order valence-electron chi connectivity index (χ4n) is 4.90. The van der Waals surface area contributed by atoms with Crippen molar-refractivity contribution in [2.75, 3.05) is 44.7 Å². The molecule has 0 radical (unpaired) electrons.